The van der Waals surface area contributed by atoms with Crippen molar-refractivity contribution in [2.45, 2.75) is 26.1 Å². The first kappa shape index (κ1) is 16.0. The lowest BCUT2D eigenvalue weighted by Crippen LogP contribution is -2.45. The Balaban J connectivity index is 0. The lowest BCUT2D eigenvalue weighted by Gasteiger charge is -2.24. The Morgan fingerprint density at radius 3 is 1.79 bits per heavy atom. The number of halogens is 4. The quantitative estimate of drug-likeness (QED) is 0.769. The molecule has 0 aromatic heterocycles. The van der Waals surface area contributed by atoms with Crippen molar-refractivity contribution < 1.29 is 23.1 Å². The average molecular weight is 236 g/mol. The highest BCUT2D eigenvalue weighted by atomic mass is 35.5. The fraction of sp³-hybridized carbons (Fsp3) is 0.857. The number of carbonyl (C=O) groups is 1. The van der Waals surface area contributed by atoms with Crippen molar-refractivity contribution in [1.82, 2.24) is 0 Å². The second kappa shape index (κ2) is 5.41. The summed E-state index contributed by atoms with van der Waals surface area (Å²) in [5.41, 5.74) is 4.74. The van der Waals surface area contributed by atoms with E-state index in [2.05, 4.69) is 0 Å². The minimum Gasteiger partial charge on any atom is -0.383 e. The summed E-state index contributed by atoms with van der Waals surface area (Å²) in [6, 6.07) is 0. The maximum atomic E-state index is 12.0. The van der Waals surface area contributed by atoms with Crippen molar-refractivity contribution in [2.75, 3.05) is 0 Å². The third-order valence-electron chi connectivity index (χ3n) is 1.72. The van der Waals surface area contributed by atoms with Crippen LogP contribution < -0.4 is 5.73 Å². The number of primary amides is 1. The van der Waals surface area contributed by atoms with Gasteiger partial charge in [-0.15, -0.1) is 12.4 Å². The average Bonchev–Trinajstić information content (AvgIpc) is 1.82. The molecule has 14 heavy (non-hydrogen) atoms. The van der Waals surface area contributed by atoms with Gasteiger partial charge in [-0.1, -0.05) is 13.8 Å². The van der Waals surface area contributed by atoms with Crippen LogP contribution in [0, 0.1) is 11.8 Å². The molecule has 3 N–H and O–H groups in total. The van der Waals surface area contributed by atoms with Gasteiger partial charge in [0.25, 0.3) is 0 Å². The van der Waals surface area contributed by atoms with Crippen molar-refractivity contribution in [1.29, 1.82) is 0 Å². The molecule has 0 aliphatic carbocycles. The van der Waals surface area contributed by atoms with Crippen LogP contribution in [-0.2, 0) is 4.79 Å². The number of hydrogen-bond acceptors (Lipinski definition) is 2. The molecule has 0 aromatic carbocycles. The van der Waals surface area contributed by atoms with Gasteiger partial charge in [0.15, 0.2) is 6.10 Å². The predicted octanol–water partition coefficient (Wildman–Crippen LogP) is 1.09. The van der Waals surface area contributed by atoms with Crippen molar-refractivity contribution in [3.8, 4) is 0 Å². The van der Waals surface area contributed by atoms with Crippen LogP contribution in [0.1, 0.15) is 13.8 Å². The lowest BCUT2D eigenvalue weighted by atomic mass is 9.89. The zero-order chi connectivity index (χ0) is 10.8. The number of hydrogen-bond donors (Lipinski definition) is 2. The van der Waals surface area contributed by atoms with Gasteiger partial charge in [0, 0.05) is 0 Å². The molecule has 1 amide bonds. The first-order valence-electron chi connectivity index (χ1n) is 3.72. The van der Waals surface area contributed by atoms with E-state index in [1.54, 1.807) is 0 Å². The van der Waals surface area contributed by atoms with E-state index in [4.69, 9.17) is 10.8 Å². The van der Waals surface area contributed by atoms with E-state index in [9.17, 15) is 18.0 Å². The molecule has 0 heterocycles. The summed E-state index contributed by atoms with van der Waals surface area (Å²) in [7, 11) is 0. The molecule has 0 aliphatic rings. The number of aliphatic hydroxyl groups excluding tert-OH is 1. The zero-order valence-electron chi connectivity index (χ0n) is 7.71. The summed E-state index contributed by atoms with van der Waals surface area (Å²) in [4.78, 5) is 10.6. The predicted molar refractivity (Wildman–Crippen MR) is 46.8 cm³/mol. The van der Waals surface area contributed by atoms with E-state index in [-0.39, 0.29) is 12.4 Å². The first-order valence-corrected chi connectivity index (χ1v) is 3.72. The van der Waals surface area contributed by atoms with Crippen LogP contribution >= 0.6 is 12.4 Å². The Kier molecular flexibility index (Phi) is 6.16. The van der Waals surface area contributed by atoms with Crippen LogP contribution in [0.2, 0.25) is 0 Å². The fourth-order valence-electron chi connectivity index (χ4n) is 1.05. The molecule has 3 nitrogen and oxygen atoms in total. The highest BCUT2D eigenvalue weighted by Gasteiger charge is 2.46. The molecule has 0 unspecified atom stereocenters. The molecule has 0 aromatic rings. The third-order valence-corrected chi connectivity index (χ3v) is 1.72. The molecule has 0 spiro atoms. The van der Waals surface area contributed by atoms with Gasteiger partial charge in [0.1, 0.15) is 0 Å². The van der Waals surface area contributed by atoms with Crippen molar-refractivity contribution in [3.05, 3.63) is 0 Å². The largest absolute Gasteiger partial charge is 0.415 e. The lowest BCUT2D eigenvalue weighted by molar-refractivity contribution is -0.222. The number of nitrogens with two attached hydrogens (primary N) is 1. The summed E-state index contributed by atoms with van der Waals surface area (Å²) < 4.78 is 35.9. The van der Waals surface area contributed by atoms with E-state index in [0.29, 0.717) is 0 Å². The number of amides is 1. The number of rotatable bonds is 3. The maximum Gasteiger partial charge on any atom is 0.415 e. The summed E-state index contributed by atoms with van der Waals surface area (Å²) in [5.74, 6) is -3.37. The van der Waals surface area contributed by atoms with Gasteiger partial charge in [-0.05, 0) is 5.92 Å². The van der Waals surface area contributed by atoms with E-state index in [1.165, 1.54) is 13.8 Å². The highest BCUT2D eigenvalue weighted by molar-refractivity contribution is 5.85. The molecule has 0 radical (unpaired) electrons. The molecule has 2 atom stereocenters. The summed E-state index contributed by atoms with van der Waals surface area (Å²) in [6.07, 6.45) is -7.48. The Labute approximate surface area is 85.9 Å². The van der Waals surface area contributed by atoms with Crippen LogP contribution in [0.25, 0.3) is 0 Å². The monoisotopic (exact) mass is 235 g/mol. The van der Waals surface area contributed by atoms with Crippen LogP contribution in [0.3, 0.4) is 0 Å². The van der Waals surface area contributed by atoms with Gasteiger partial charge >= 0.3 is 6.18 Å². The zero-order valence-corrected chi connectivity index (χ0v) is 8.52. The van der Waals surface area contributed by atoms with E-state index in [0.717, 1.165) is 0 Å². The molecule has 0 bridgehead atoms. The molecular formula is C7H13ClF3NO2. The van der Waals surface area contributed by atoms with Gasteiger partial charge in [0.05, 0.1) is 5.92 Å². The Morgan fingerprint density at radius 1 is 1.36 bits per heavy atom. The number of aliphatic hydroxyl groups is 1. The third kappa shape index (κ3) is 4.15. The Morgan fingerprint density at radius 2 is 1.71 bits per heavy atom. The topological polar surface area (TPSA) is 63.3 Å². The molecule has 0 fully saturated rings. The first-order chi connectivity index (χ1) is 5.68. The van der Waals surface area contributed by atoms with Crippen LogP contribution in [0.5, 0.6) is 0 Å². The Bertz CT molecular complexity index is 196. The minimum absolute atomic E-state index is 0. The van der Waals surface area contributed by atoms with Crippen molar-refractivity contribution >= 4 is 18.3 Å². The number of alkyl halides is 3. The van der Waals surface area contributed by atoms with Crippen LogP contribution in [-0.4, -0.2) is 23.3 Å². The van der Waals surface area contributed by atoms with Crippen molar-refractivity contribution in [2.24, 2.45) is 17.6 Å². The molecular weight excluding hydrogens is 223 g/mol. The second-order valence-corrected chi connectivity index (χ2v) is 3.16. The van der Waals surface area contributed by atoms with Crippen LogP contribution in [0.15, 0.2) is 0 Å². The molecule has 7 heteroatoms. The SMILES string of the molecule is CC(C)[C@H](C(N)=O)[C@H](O)C(F)(F)F.Cl. The normalized spacial score (nSPS) is 15.9. The molecule has 0 saturated carbocycles. The second-order valence-electron chi connectivity index (χ2n) is 3.16. The summed E-state index contributed by atoms with van der Waals surface area (Å²) in [5, 5.41) is 8.76. The maximum absolute atomic E-state index is 12.0. The van der Waals surface area contributed by atoms with Gasteiger partial charge in [-0.25, -0.2) is 0 Å². The summed E-state index contributed by atoms with van der Waals surface area (Å²) >= 11 is 0. The molecule has 0 rings (SSSR count). The van der Waals surface area contributed by atoms with Gasteiger partial charge in [-0.2, -0.15) is 13.2 Å². The van der Waals surface area contributed by atoms with Crippen LogP contribution in [0.4, 0.5) is 13.2 Å². The molecule has 0 saturated heterocycles. The fourth-order valence-corrected chi connectivity index (χ4v) is 1.05. The summed E-state index contributed by atoms with van der Waals surface area (Å²) in [6.45, 7) is 2.79. The highest BCUT2D eigenvalue weighted by Crippen LogP contribution is 2.29. The van der Waals surface area contributed by atoms with E-state index >= 15 is 0 Å². The number of carbonyl (C=O) groups excluding carboxylic acids is 1. The van der Waals surface area contributed by atoms with Gasteiger partial charge in [-0.3, -0.25) is 4.79 Å². The van der Waals surface area contributed by atoms with Gasteiger partial charge in [0.2, 0.25) is 5.91 Å². The Hall–Kier alpha value is -0.490. The standard InChI is InChI=1S/C7H12F3NO2.ClH/c1-3(2)4(6(11)13)5(12)7(8,9)10;/h3-5,12H,1-2H3,(H2,11,13);1H/t4-,5-;/m0./s1. The van der Waals surface area contributed by atoms with Crippen molar-refractivity contribution in [3.63, 3.8) is 0 Å². The van der Waals surface area contributed by atoms with E-state index in [1.807, 2.05) is 0 Å². The minimum atomic E-state index is -4.80. The van der Waals surface area contributed by atoms with E-state index < -0.39 is 30.0 Å². The molecule has 86 valence electrons. The smallest absolute Gasteiger partial charge is 0.383 e. The van der Waals surface area contributed by atoms with Gasteiger partial charge < -0.3 is 10.8 Å². The molecule has 0 aliphatic heterocycles.